The van der Waals surface area contributed by atoms with Crippen molar-refractivity contribution in [1.29, 1.82) is 0 Å². The molecular formula is C19H14ClFN4. The molecule has 6 heteroatoms. The highest BCUT2D eigenvalue weighted by molar-refractivity contribution is 6.30. The lowest BCUT2D eigenvalue weighted by molar-refractivity contribution is 0.619. The molecule has 0 spiro atoms. The molecule has 0 saturated heterocycles. The van der Waals surface area contributed by atoms with Crippen molar-refractivity contribution in [2.24, 2.45) is 0 Å². The molecule has 0 fully saturated rings. The van der Waals surface area contributed by atoms with E-state index in [0.717, 1.165) is 22.4 Å². The number of aromatic nitrogens is 3. The largest absolute Gasteiger partial charge is 0.324 e. The molecule has 0 amide bonds. The van der Waals surface area contributed by atoms with E-state index in [4.69, 9.17) is 11.6 Å². The number of nitrogens with zero attached hydrogens (tertiary/aromatic N) is 3. The van der Waals surface area contributed by atoms with Crippen LogP contribution in [0.4, 0.5) is 16.0 Å². The molecule has 4 aromatic rings. The maximum atomic E-state index is 13.4. The van der Waals surface area contributed by atoms with Crippen LogP contribution in [0.5, 0.6) is 0 Å². The van der Waals surface area contributed by atoms with Crippen LogP contribution < -0.4 is 5.32 Å². The summed E-state index contributed by atoms with van der Waals surface area (Å²) in [5.41, 5.74) is 2.98. The third kappa shape index (κ3) is 3.06. The molecule has 124 valence electrons. The minimum atomic E-state index is -0.239. The Balaban J connectivity index is 1.74. The fourth-order valence-corrected chi connectivity index (χ4v) is 2.85. The summed E-state index contributed by atoms with van der Waals surface area (Å²) in [6, 6.07) is 14.3. The number of hydrogen-bond donors (Lipinski definition) is 1. The van der Waals surface area contributed by atoms with Gasteiger partial charge < -0.3 is 9.88 Å². The van der Waals surface area contributed by atoms with E-state index in [1.807, 2.05) is 41.1 Å². The van der Waals surface area contributed by atoms with Gasteiger partial charge in [-0.05, 0) is 55.0 Å². The van der Waals surface area contributed by atoms with Gasteiger partial charge in [-0.15, -0.1) is 0 Å². The number of anilines is 2. The van der Waals surface area contributed by atoms with E-state index in [0.29, 0.717) is 16.5 Å². The first-order valence-corrected chi connectivity index (χ1v) is 8.11. The standard InChI is InChI=1S/C19H14ClFN4/c1-12-9-15(5-6-17(12)21)23-19-22-11-13-7-8-25(18(13)24-19)16-4-2-3-14(20)10-16/h2-11H,1H3,(H,22,23,24). The van der Waals surface area contributed by atoms with Gasteiger partial charge in [-0.25, -0.2) is 9.37 Å². The number of rotatable bonds is 3. The van der Waals surface area contributed by atoms with Gasteiger partial charge in [-0.3, -0.25) is 0 Å². The lowest BCUT2D eigenvalue weighted by atomic mass is 10.2. The first kappa shape index (κ1) is 15.6. The predicted octanol–water partition coefficient (Wildman–Crippen LogP) is 5.27. The zero-order valence-electron chi connectivity index (χ0n) is 13.4. The predicted molar refractivity (Wildman–Crippen MR) is 98.3 cm³/mol. The maximum Gasteiger partial charge on any atom is 0.229 e. The highest BCUT2D eigenvalue weighted by Crippen LogP contribution is 2.23. The van der Waals surface area contributed by atoms with E-state index in [1.165, 1.54) is 6.07 Å². The molecule has 0 aliphatic rings. The van der Waals surface area contributed by atoms with Crippen LogP contribution in [-0.2, 0) is 0 Å². The fourth-order valence-electron chi connectivity index (χ4n) is 2.66. The van der Waals surface area contributed by atoms with E-state index < -0.39 is 0 Å². The highest BCUT2D eigenvalue weighted by atomic mass is 35.5. The van der Waals surface area contributed by atoms with Crippen LogP contribution >= 0.6 is 11.6 Å². The molecule has 0 aliphatic heterocycles. The molecule has 0 unspecified atom stereocenters. The molecule has 2 aromatic carbocycles. The molecule has 2 aromatic heterocycles. The van der Waals surface area contributed by atoms with Gasteiger partial charge >= 0.3 is 0 Å². The molecule has 25 heavy (non-hydrogen) atoms. The topological polar surface area (TPSA) is 42.7 Å². The number of nitrogens with one attached hydrogen (secondary N) is 1. The van der Waals surface area contributed by atoms with E-state index >= 15 is 0 Å². The van der Waals surface area contributed by atoms with Crippen molar-refractivity contribution in [2.75, 3.05) is 5.32 Å². The van der Waals surface area contributed by atoms with Crippen molar-refractivity contribution in [3.05, 3.63) is 77.3 Å². The SMILES string of the molecule is Cc1cc(Nc2ncc3ccn(-c4cccc(Cl)c4)c3n2)ccc1F. The van der Waals surface area contributed by atoms with Gasteiger partial charge in [0.15, 0.2) is 0 Å². The molecule has 1 N–H and O–H groups in total. The summed E-state index contributed by atoms with van der Waals surface area (Å²) in [6.45, 7) is 1.72. The number of fused-ring (bicyclic) bond motifs is 1. The maximum absolute atomic E-state index is 13.4. The van der Waals surface area contributed by atoms with Crippen molar-refractivity contribution in [3.8, 4) is 5.69 Å². The van der Waals surface area contributed by atoms with Crippen LogP contribution in [-0.4, -0.2) is 14.5 Å². The number of hydrogen-bond acceptors (Lipinski definition) is 3. The van der Waals surface area contributed by atoms with E-state index in [9.17, 15) is 4.39 Å². The lowest BCUT2D eigenvalue weighted by Gasteiger charge is -2.08. The molecule has 2 heterocycles. The van der Waals surface area contributed by atoms with Gasteiger partial charge in [0.05, 0.1) is 0 Å². The van der Waals surface area contributed by atoms with Crippen LogP contribution in [0.15, 0.2) is 60.9 Å². The average Bonchev–Trinajstić information content (AvgIpc) is 3.01. The summed E-state index contributed by atoms with van der Waals surface area (Å²) in [4.78, 5) is 8.92. The summed E-state index contributed by atoms with van der Waals surface area (Å²) in [6.07, 6.45) is 3.68. The second kappa shape index (κ2) is 6.18. The Labute approximate surface area is 148 Å². The smallest absolute Gasteiger partial charge is 0.229 e. The Morgan fingerprint density at radius 3 is 2.80 bits per heavy atom. The molecule has 4 nitrogen and oxygen atoms in total. The number of halogens is 2. The Morgan fingerprint density at radius 1 is 1.12 bits per heavy atom. The zero-order chi connectivity index (χ0) is 17.4. The summed E-state index contributed by atoms with van der Waals surface area (Å²) in [5.74, 6) is 0.206. The first-order chi connectivity index (χ1) is 12.1. The minimum absolute atomic E-state index is 0.239. The Morgan fingerprint density at radius 2 is 2.00 bits per heavy atom. The zero-order valence-corrected chi connectivity index (χ0v) is 14.1. The lowest BCUT2D eigenvalue weighted by Crippen LogP contribution is -2.00. The van der Waals surface area contributed by atoms with Crippen LogP contribution in [0.1, 0.15) is 5.56 Å². The summed E-state index contributed by atoms with van der Waals surface area (Å²) < 4.78 is 15.4. The molecule has 0 aliphatic carbocycles. The van der Waals surface area contributed by atoms with Gasteiger partial charge in [-0.1, -0.05) is 17.7 Å². The van der Waals surface area contributed by atoms with Gasteiger partial charge in [0.25, 0.3) is 0 Å². The van der Waals surface area contributed by atoms with Gasteiger partial charge in [-0.2, -0.15) is 4.98 Å². The van der Waals surface area contributed by atoms with Gasteiger partial charge in [0.2, 0.25) is 5.95 Å². The molecule has 0 radical (unpaired) electrons. The molecule has 0 saturated carbocycles. The van der Waals surface area contributed by atoms with Crippen molar-refractivity contribution in [2.45, 2.75) is 6.92 Å². The number of benzene rings is 2. The highest BCUT2D eigenvalue weighted by Gasteiger charge is 2.08. The van der Waals surface area contributed by atoms with Crippen molar-refractivity contribution < 1.29 is 4.39 Å². The Bertz CT molecular complexity index is 1070. The second-order valence-corrected chi connectivity index (χ2v) is 6.16. The number of aryl methyl sites for hydroxylation is 1. The quantitative estimate of drug-likeness (QED) is 0.546. The summed E-state index contributed by atoms with van der Waals surface area (Å²) in [7, 11) is 0. The third-order valence-electron chi connectivity index (χ3n) is 3.93. The molecule has 0 atom stereocenters. The van der Waals surface area contributed by atoms with Crippen LogP contribution in [0.25, 0.3) is 16.7 Å². The van der Waals surface area contributed by atoms with Crippen LogP contribution in [0.2, 0.25) is 5.02 Å². The van der Waals surface area contributed by atoms with Crippen molar-refractivity contribution in [3.63, 3.8) is 0 Å². The van der Waals surface area contributed by atoms with E-state index in [-0.39, 0.29) is 5.82 Å². The molecule has 4 rings (SSSR count). The molecule has 0 bridgehead atoms. The van der Waals surface area contributed by atoms with Crippen molar-refractivity contribution >= 4 is 34.3 Å². The third-order valence-corrected chi connectivity index (χ3v) is 4.16. The van der Waals surface area contributed by atoms with E-state index in [1.54, 1.807) is 25.3 Å². The van der Waals surface area contributed by atoms with Crippen LogP contribution in [0, 0.1) is 12.7 Å². The summed E-state index contributed by atoms with van der Waals surface area (Å²) >= 11 is 6.09. The average molecular weight is 353 g/mol. The van der Waals surface area contributed by atoms with E-state index in [2.05, 4.69) is 15.3 Å². The second-order valence-electron chi connectivity index (χ2n) is 5.73. The monoisotopic (exact) mass is 352 g/mol. The Hall–Kier alpha value is -2.92. The molecular weight excluding hydrogens is 339 g/mol. The first-order valence-electron chi connectivity index (χ1n) is 7.73. The van der Waals surface area contributed by atoms with Gasteiger partial charge in [0, 0.05) is 34.2 Å². The minimum Gasteiger partial charge on any atom is -0.324 e. The fraction of sp³-hybridized carbons (Fsp3) is 0.0526. The Kier molecular flexibility index (Phi) is 3.86. The van der Waals surface area contributed by atoms with Crippen molar-refractivity contribution in [1.82, 2.24) is 14.5 Å². The van der Waals surface area contributed by atoms with Gasteiger partial charge in [0.1, 0.15) is 11.5 Å². The summed E-state index contributed by atoms with van der Waals surface area (Å²) in [5, 5.41) is 4.69. The van der Waals surface area contributed by atoms with Crippen LogP contribution in [0.3, 0.4) is 0 Å². The normalized spacial score (nSPS) is 11.0.